The van der Waals surface area contributed by atoms with Crippen LogP contribution in [-0.2, 0) is 4.74 Å². The Morgan fingerprint density at radius 3 is 2.42 bits per heavy atom. The number of ether oxygens (including phenoxy) is 1. The van der Waals surface area contributed by atoms with Gasteiger partial charge in [-0.3, -0.25) is 0 Å². The highest BCUT2D eigenvalue weighted by Crippen LogP contribution is 2.25. The minimum Gasteiger partial charge on any atom is -0.374 e. The van der Waals surface area contributed by atoms with Gasteiger partial charge in [0.25, 0.3) is 0 Å². The Bertz CT molecular complexity index is 427. The number of aryl methyl sites for hydroxylation is 1. The van der Waals surface area contributed by atoms with Crippen LogP contribution < -0.4 is 5.32 Å². The molecule has 108 valence electrons. The van der Waals surface area contributed by atoms with Crippen molar-refractivity contribution in [2.24, 2.45) is 0 Å². The Kier molecular flexibility index (Phi) is 5.44. The first-order chi connectivity index (χ1) is 8.76. The molecule has 1 aromatic rings. The lowest BCUT2D eigenvalue weighted by Crippen LogP contribution is -2.31. The van der Waals surface area contributed by atoms with Gasteiger partial charge >= 0.3 is 0 Å². The number of hydrogen-bond donors (Lipinski definition) is 1. The summed E-state index contributed by atoms with van der Waals surface area (Å²) < 4.78 is 33.7. The van der Waals surface area contributed by atoms with Crippen LogP contribution in [0.1, 0.15) is 44.9 Å². The number of rotatable bonds is 5. The molecule has 0 aliphatic carbocycles. The molecule has 1 atom stereocenters. The molecule has 0 aromatic heterocycles. The third-order valence-electron chi connectivity index (χ3n) is 2.80. The molecular formula is C15H23F2NO. The number of nitrogens with one attached hydrogen (secondary N) is 1. The lowest BCUT2D eigenvalue weighted by atomic mass is 10.0. The molecule has 1 N–H and O–H groups in total. The second-order valence-corrected chi connectivity index (χ2v) is 5.63. The second kappa shape index (κ2) is 6.44. The molecule has 0 aliphatic rings. The van der Waals surface area contributed by atoms with Gasteiger partial charge in [-0.25, -0.2) is 8.78 Å². The SMILES string of the molecule is CCNC(COC(C)(C)C)c1c(F)ccc(C)c1F. The molecule has 0 heterocycles. The summed E-state index contributed by atoms with van der Waals surface area (Å²) >= 11 is 0. The van der Waals surface area contributed by atoms with Crippen molar-refractivity contribution < 1.29 is 13.5 Å². The van der Waals surface area contributed by atoms with Crippen molar-refractivity contribution >= 4 is 0 Å². The van der Waals surface area contributed by atoms with E-state index in [2.05, 4.69) is 5.32 Å². The maximum Gasteiger partial charge on any atom is 0.133 e. The van der Waals surface area contributed by atoms with Crippen LogP contribution in [0.15, 0.2) is 12.1 Å². The highest BCUT2D eigenvalue weighted by atomic mass is 19.1. The number of hydrogen-bond acceptors (Lipinski definition) is 2. The second-order valence-electron chi connectivity index (χ2n) is 5.63. The van der Waals surface area contributed by atoms with Gasteiger partial charge in [-0.2, -0.15) is 0 Å². The van der Waals surface area contributed by atoms with Gasteiger partial charge in [0, 0.05) is 5.56 Å². The highest BCUT2D eigenvalue weighted by molar-refractivity contribution is 5.29. The molecule has 2 nitrogen and oxygen atoms in total. The Morgan fingerprint density at radius 2 is 1.89 bits per heavy atom. The number of benzene rings is 1. The largest absolute Gasteiger partial charge is 0.374 e. The van der Waals surface area contributed by atoms with Crippen LogP contribution >= 0.6 is 0 Å². The summed E-state index contributed by atoms with van der Waals surface area (Å²) in [6, 6.07) is 2.26. The van der Waals surface area contributed by atoms with Gasteiger partial charge in [0.15, 0.2) is 0 Å². The maximum absolute atomic E-state index is 14.1. The summed E-state index contributed by atoms with van der Waals surface area (Å²) in [7, 11) is 0. The van der Waals surface area contributed by atoms with Crippen LogP contribution in [0.5, 0.6) is 0 Å². The van der Waals surface area contributed by atoms with E-state index in [1.165, 1.54) is 12.1 Å². The van der Waals surface area contributed by atoms with E-state index in [0.29, 0.717) is 12.1 Å². The first kappa shape index (κ1) is 16.1. The quantitative estimate of drug-likeness (QED) is 0.881. The van der Waals surface area contributed by atoms with E-state index in [0.717, 1.165) is 0 Å². The molecule has 1 aromatic carbocycles. The molecule has 0 bridgehead atoms. The molecule has 0 amide bonds. The van der Waals surface area contributed by atoms with Crippen molar-refractivity contribution in [3.05, 3.63) is 34.9 Å². The molecule has 19 heavy (non-hydrogen) atoms. The summed E-state index contributed by atoms with van der Waals surface area (Å²) in [5.41, 5.74) is 0.158. The predicted octanol–water partition coefficient (Wildman–Crippen LogP) is 3.74. The van der Waals surface area contributed by atoms with E-state index < -0.39 is 17.7 Å². The Labute approximate surface area is 114 Å². The van der Waals surface area contributed by atoms with E-state index in [9.17, 15) is 8.78 Å². The van der Waals surface area contributed by atoms with Crippen molar-refractivity contribution in [1.82, 2.24) is 5.32 Å². The minimum absolute atomic E-state index is 0.0612. The summed E-state index contributed by atoms with van der Waals surface area (Å²) in [5, 5.41) is 3.08. The van der Waals surface area contributed by atoms with Crippen molar-refractivity contribution in [3.8, 4) is 0 Å². The summed E-state index contributed by atoms with van der Waals surface area (Å²) in [6.45, 7) is 10.1. The maximum atomic E-state index is 14.1. The van der Waals surface area contributed by atoms with Crippen LogP contribution in [-0.4, -0.2) is 18.8 Å². The lowest BCUT2D eigenvalue weighted by Gasteiger charge is -2.26. The average Bonchev–Trinajstić information content (AvgIpc) is 2.30. The van der Waals surface area contributed by atoms with Crippen LogP contribution in [0, 0.1) is 18.6 Å². The standard InChI is InChI=1S/C15H23F2NO/c1-6-18-12(9-19-15(3,4)5)13-11(16)8-7-10(2)14(13)17/h7-8,12,18H,6,9H2,1-5H3. The lowest BCUT2D eigenvalue weighted by molar-refractivity contribution is -0.0154. The van der Waals surface area contributed by atoms with Gasteiger partial charge in [0.1, 0.15) is 11.6 Å². The fourth-order valence-electron chi connectivity index (χ4n) is 1.82. The predicted molar refractivity (Wildman–Crippen MR) is 73.2 cm³/mol. The third kappa shape index (κ3) is 4.55. The summed E-state index contributed by atoms with van der Waals surface area (Å²) in [5.74, 6) is -1.03. The van der Waals surface area contributed by atoms with E-state index in [1.54, 1.807) is 6.92 Å². The fraction of sp³-hybridized carbons (Fsp3) is 0.600. The molecule has 0 saturated carbocycles. The molecule has 0 aliphatic heterocycles. The van der Waals surface area contributed by atoms with Gasteiger partial charge < -0.3 is 10.1 Å². The number of halogens is 2. The highest BCUT2D eigenvalue weighted by Gasteiger charge is 2.23. The first-order valence-corrected chi connectivity index (χ1v) is 6.58. The van der Waals surface area contributed by atoms with E-state index in [1.807, 2.05) is 27.7 Å². The van der Waals surface area contributed by atoms with E-state index in [4.69, 9.17) is 4.74 Å². The van der Waals surface area contributed by atoms with Crippen molar-refractivity contribution in [2.75, 3.05) is 13.2 Å². The molecule has 0 spiro atoms. The van der Waals surface area contributed by atoms with Crippen LogP contribution in [0.3, 0.4) is 0 Å². The summed E-state index contributed by atoms with van der Waals surface area (Å²) in [6.07, 6.45) is 0. The Morgan fingerprint density at radius 1 is 1.26 bits per heavy atom. The summed E-state index contributed by atoms with van der Waals surface area (Å²) in [4.78, 5) is 0. The van der Waals surface area contributed by atoms with Gasteiger partial charge in [-0.05, 0) is 45.9 Å². The minimum atomic E-state index is -0.536. The van der Waals surface area contributed by atoms with Gasteiger partial charge in [0.05, 0.1) is 18.2 Å². The number of likely N-dealkylation sites (N-methyl/N-ethyl adjacent to an activating group) is 1. The zero-order valence-electron chi connectivity index (χ0n) is 12.3. The molecular weight excluding hydrogens is 248 g/mol. The van der Waals surface area contributed by atoms with Crippen molar-refractivity contribution in [1.29, 1.82) is 0 Å². The van der Waals surface area contributed by atoms with Crippen molar-refractivity contribution in [3.63, 3.8) is 0 Å². The molecule has 0 fully saturated rings. The average molecular weight is 271 g/mol. The Hall–Kier alpha value is -1.00. The third-order valence-corrected chi connectivity index (χ3v) is 2.80. The molecule has 0 radical (unpaired) electrons. The molecule has 1 rings (SSSR count). The smallest absolute Gasteiger partial charge is 0.133 e. The molecule has 0 saturated heterocycles. The zero-order chi connectivity index (χ0) is 14.6. The Balaban J connectivity index is 3.02. The zero-order valence-corrected chi connectivity index (χ0v) is 12.3. The first-order valence-electron chi connectivity index (χ1n) is 6.58. The topological polar surface area (TPSA) is 21.3 Å². The normalized spacial score (nSPS) is 13.6. The van der Waals surface area contributed by atoms with E-state index in [-0.39, 0.29) is 17.8 Å². The van der Waals surface area contributed by atoms with Gasteiger partial charge in [0.2, 0.25) is 0 Å². The fourth-order valence-corrected chi connectivity index (χ4v) is 1.82. The van der Waals surface area contributed by atoms with Crippen LogP contribution in [0.4, 0.5) is 8.78 Å². The van der Waals surface area contributed by atoms with Crippen LogP contribution in [0.25, 0.3) is 0 Å². The molecule has 4 heteroatoms. The van der Waals surface area contributed by atoms with E-state index >= 15 is 0 Å². The monoisotopic (exact) mass is 271 g/mol. The molecule has 1 unspecified atom stereocenters. The van der Waals surface area contributed by atoms with Crippen LogP contribution in [0.2, 0.25) is 0 Å². The van der Waals surface area contributed by atoms with Gasteiger partial charge in [-0.15, -0.1) is 0 Å². The van der Waals surface area contributed by atoms with Crippen molar-refractivity contribution in [2.45, 2.75) is 46.3 Å². The van der Waals surface area contributed by atoms with Gasteiger partial charge in [-0.1, -0.05) is 13.0 Å².